The Morgan fingerprint density at radius 2 is 0.671 bits per heavy atom. The van der Waals surface area contributed by atoms with E-state index in [1.165, 1.54) is 77.0 Å². The number of phosphoric ester groups is 2. The molecule has 17 nitrogen and oxygen atoms in total. The van der Waals surface area contributed by atoms with E-state index in [2.05, 4.69) is 41.5 Å². The Morgan fingerprint density at radius 1 is 0.382 bits per heavy atom. The predicted octanol–water partition coefficient (Wildman–Crippen LogP) is 14.9. The molecule has 0 saturated heterocycles. The summed E-state index contributed by atoms with van der Waals surface area (Å²) in [6.07, 6.45) is 29.7. The van der Waals surface area contributed by atoms with E-state index in [0.717, 1.165) is 115 Å². The molecular formula is C57H110O17P2. The summed E-state index contributed by atoms with van der Waals surface area (Å²) >= 11 is 0. The molecule has 0 aliphatic heterocycles. The number of unbranched alkanes of at least 4 members (excludes halogenated alkanes) is 25. The molecule has 450 valence electrons. The number of hydrogen-bond donors (Lipinski definition) is 3. The van der Waals surface area contributed by atoms with E-state index in [1.54, 1.807) is 0 Å². The fourth-order valence-electron chi connectivity index (χ4n) is 8.26. The van der Waals surface area contributed by atoms with Crippen LogP contribution in [-0.2, 0) is 65.4 Å². The summed E-state index contributed by atoms with van der Waals surface area (Å²) in [6, 6.07) is 0. The van der Waals surface area contributed by atoms with Gasteiger partial charge in [0.25, 0.3) is 0 Å². The predicted molar refractivity (Wildman–Crippen MR) is 298 cm³/mol. The maximum absolute atomic E-state index is 12.9. The largest absolute Gasteiger partial charge is 0.472 e. The van der Waals surface area contributed by atoms with Gasteiger partial charge in [-0.2, -0.15) is 0 Å². The normalized spacial score (nSPS) is 14.9. The lowest BCUT2D eigenvalue weighted by molar-refractivity contribution is -0.161. The number of aliphatic hydroxyl groups is 1. The van der Waals surface area contributed by atoms with Gasteiger partial charge in [0.15, 0.2) is 12.2 Å². The lowest BCUT2D eigenvalue weighted by Gasteiger charge is -2.21. The fraction of sp³-hybridized carbons (Fsp3) is 0.930. The molecular weight excluding hydrogens is 1020 g/mol. The van der Waals surface area contributed by atoms with E-state index in [9.17, 15) is 43.2 Å². The second kappa shape index (κ2) is 50.1. The number of aliphatic hydroxyl groups excluding tert-OH is 1. The van der Waals surface area contributed by atoms with Gasteiger partial charge < -0.3 is 33.8 Å². The lowest BCUT2D eigenvalue weighted by atomic mass is 10.00. The van der Waals surface area contributed by atoms with Crippen LogP contribution in [0, 0.1) is 11.8 Å². The molecule has 0 aliphatic carbocycles. The quantitative estimate of drug-likeness (QED) is 0.0222. The number of carbonyl (C=O) groups is 4. The van der Waals surface area contributed by atoms with E-state index < -0.39 is 97.5 Å². The van der Waals surface area contributed by atoms with Crippen LogP contribution in [0.15, 0.2) is 0 Å². The van der Waals surface area contributed by atoms with Crippen LogP contribution in [0.1, 0.15) is 273 Å². The van der Waals surface area contributed by atoms with Gasteiger partial charge in [0.1, 0.15) is 19.3 Å². The first kappa shape index (κ1) is 74.1. The molecule has 0 radical (unpaired) electrons. The lowest BCUT2D eigenvalue weighted by Crippen LogP contribution is -2.30. The minimum atomic E-state index is -4.94. The zero-order valence-electron chi connectivity index (χ0n) is 48.5. The number of esters is 4. The average molecular weight is 1130 g/mol. The zero-order chi connectivity index (χ0) is 56.6. The maximum atomic E-state index is 12.9. The van der Waals surface area contributed by atoms with Crippen LogP contribution < -0.4 is 0 Å². The van der Waals surface area contributed by atoms with Crippen molar-refractivity contribution in [2.75, 3.05) is 39.6 Å². The van der Waals surface area contributed by atoms with Crippen LogP contribution in [-0.4, -0.2) is 96.7 Å². The van der Waals surface area contributed by atoms with E-state index >= 15 is 0 Å². The second-order valence-corrected chi connectivity index (χ2v) is 24.3. The fourth-order valence-corrected chi connectivity index (χ4v) is 9.84. The Hall–Kier alpha value is -1.94. The number of hydrogen-bond acceptors (Lipinski definition) is 15. The molecule has 0 bridgehead atoms. The van der Waals surface area contributed by atoms with Crippen LogP contribution in [0.2, 0.25) is 0 Å². The summed E-state index contributed by atoms with van der Waals surface area (Å²) in [6.45, 7) is 9.26. The van der Waals surface area contributed by atoms with Gasteiger partial charge >= 0.3 is 39.5 Å². The van der Waals surface area contributed by atoms with Gasteiger partial charge in [-0.1, -0.05) is 221 Å². The van der Waals surface area contributed by atoms with Crippen molar-refractivity contribution in [2.45, 2.75) is 291 Å². The van der Waals surface area contributed by atoms with Crippen molar-refractivity contribution in [1.82, 2.24) is 0 Å². The molecule has 3 unspecified atom stereocenters. The van der Waals surface area contributed by atoms with Crippen LogP contribution >= 0.6 is 15.6 Å². The molecule has 76 heavy (non-hydrogen) atoms. The van der Waals surface area contributed by atoms with E-state index in [1.807, 2.05) is 0 Å². The molecule has 0 aromatic carbocycles. The Balaban J connectivity index is 5.20. The first-order chi connectivity index (χ1) is 36.4. The molecule has 3 N–H and O–H groups in total. The highest BCUT2D eigenvalue weighted by atomic mass is 31.2. The van der Waals surface area contributed by atoms with Gasteiger partial charge in [-0.3, -0.25) is 37.3 Å². The molecule has 0 aromatic rings. The van der Waals surface area contributed by atoms with Crippen LogP contribution in [0.3, 0.4) is 0 Å². The molecule has 19 heteroatoms. The van der Waals surface area contributed by atoms with Crippen LogP contribution in [0.4, 0.5) is 0 Å². The number of carbonyl (C=O) groups excluding carboxylic acids is 4. The third-order valence-corrected chi connectivity index (χ3v) is 15.2. The highest BCUT2D eigenvalue weighted by molar-refractivity contribution is 7.47. The average Bonchev–Trinajstić information content (AvgIpc) is 3.38. The number of rotatable bonds is 56. The molecule has 0 spiro atoms. The molecule has 0 amide bonds. The van der Waals surface area contributed by atoms with Gasteiger partial charge in [0.2, 0.25) is 0 Å². The maximum Gasteiger partial charge on any atom is 0.472 e. The first-order valence-electron chi connectivity index (χ1n) is 30.0. The Morgan fingerprint density at radius 3 is 1.00 bits per heavy atom. The molecule has 0 aromatic heterocycles. The minimum absolute atomic E-state index is 0.103. The standard InChI is InChI=1S/C57H110O17P2/c1-7-10-12-14-15-16-17-21-29-35-41-56(61)73-52(45-67-54(59)39-33-25-13-11-8-2)47-71-75(63,64)69-43-51(58)44-70-76(65,66)72-48-53(46-68-55(60)40-34-28-24-23-27-32-38-50(6)9-3)74-57(62)42-36-30-22-19-18-20-26-31-37-49(4)5/h49-53,58H,7-48H2,1-6H3,(H,63,64)(H,65,66)/t50?,51-,52+,53+/m0/s1. The molecule has 6 atom stereocenters. The topological polar surface area (TPSA) is 237 Å². The molecule has 0 rings (SSSR count). The van der Waals surface area contributed by atoms with Gasteiger partial charge in [0.05, 0.1) is 26.4 Å². The molecule has 0 heterocycles. The van der Waals surface area contributed by atoms with Gasteiger partial charge in [-0.15, -0.1) is 0 Å². The van der Waals surface area contributed by atoms with Crippen LogP contribution in [0.25, 0.3) is 0 Å². The minimum Gasteiger partial charge on any atom is -0.462 e. The molecule has 0 fully saturated rings. The number of phosphoric acid groups is 2. The van der Waals surface area contributed by atoms with Crippen molar-refractivity contribution >= 4 is 39.5 Å². The van der Waals surface area contributed by atoms with Crippen molar-refractivity contribution < 1.29 is 80.2 Å². The van der Waals surface area contributed by atoms with Crippen LogP contribution in [0.5, 0.6) is 0 Å². The summed E-state index contributed by atoms with van der Waals surface area (Å²) in [5.74, 6) is -0.708. The van der Waals surface area contributed by atoms with Gasteiger partial charge in [-0.25, -0.2) is 9.13 Å². The molecule has 0 saturated carbocycles. The smallest absolute Gasteiger partial charge is 0.462 e. The van der Waals surface area contributed by atoms with Crippen molar-refractivity contribution in [1.29, 1.82) is 0 Å². The van der Waals surface area contributed by atoms with E-state index in [4.69, 9.17) is 37.0 Å². The summed E-state index contributed by atoms with van der Waals surface area (Å²) in [5.41, 5.74) is 0. The van der Waals surface area contributed by atoms with Crippen molar-refractivity contribution in [2.24, 2.45) is 11.8 Å². The third kappa shape index (κ3) is 50.3. The van der Waals surface area contributed by atoms with Crippen molar-refractivity contribution in [3.05, 3.63) is 0 Å². The summed E-state index contributed by atoms with van der Waals surface area (Å²) in [7, 11) is -9.86. The van der Waals surface area contributed by atoms with Crippen molar-refractivity contribution in [3.8, 4) is 0 Å². The Labute approximate surface area is 460 Å². The van der Waals surface area contributed by atoms with Gasteiger partial charge in [-0.05, 0) is 37.5 Å². The molecule has 0 aliphatic rings. The van der Waals surface area contributed by atoms with E-state index in [0.29, 0.717) is 25.7 Å². The highest BCUT2D eigenvalue weighted by Gasteiger charge is 2.30. The van der Waals surface area contributed by atoms with Crippen molar-refractivity contribution in [3.63, 3.8) is 0 Å². The van der Waals surface area contributed by atoms with E-state index in [-0.39, 0.29) is 25.7 Å². The summed E-state index contributed by atoms with van der Waals surface area (Å²) in [5, 5.41) is 10.5. The highest BCUT2D eigenvalue weighted by Crippen LogP contribution is 2.45. The Kier molecular flexibility index (Phi) is 48.8. The Bertz CT molecular complexity index is 1520. The first-order valence-corrected chi connectivity index (χ1v) is 33.0. The summed E-state index contributed by atoms with van der Waals surface area (Å²) in [4.78, 5) is 71.6. The SMILES string of the molecule is CCCCCCCCCCCCC(=O)O[C@H](COC(=O)CCCCCCC)COP(=O)(O)OC[C@H](O)COP(=O)(O)OC[C@@H](COC(=O)CCCCCCCCC(C)CC)OC(=O)CCCCCCCCCCC(C)C. The monoisotopic (exact) mass is 1130 g/mol. The summed E-state index contributed by atoms with van der Waals surface area (Å²) < 4.78 is 67.5. The zero-order valence-corrected chi connectivity index (χ0v) is 50.3. The van der Waals surface area contributed by atoms with Gasteiger partial charge in [0, 0.05) is 25.7 Å². The second-order valence-electron chi connectivity index (χ2n) is 21.4. The number of ether oxygens (including phenoxy) is 4. The third-order valence-electron chi connectivity index (χ3n) is 13.3.